The number of aromatic amines is 1. The van der Waals surface area contributed by atoms with Crippen molar-refractivity contribution in [2.24, 2.45) is 23.2 Å². The Labute approximate surface area is 147 Å². The normalized spacial score (nSPS) is 35.5. The Bertz CT molecular complexity index is 619. The highest BCUT2D eigenvalue weighted by Crippen LogP contribution is 2.61. The molecule has 0 saturated heterocycles. The van der Waals surface area contributed by atoms with Crippen LogP contribution in [0.2, 0.25) is 0 Å². The van der Waals surface area contributed by atoms with Crippen molar-refractivity contribution in [1.82, 2.24) is 15.5 Å². The molecule has 0 aromatic carbocycles. The topological polar surface area (TPSA) is 40.7 Å². The lowest BCUT2D eigenvalue weighted by Crippen LogP contribution is -2.55. The molecule has 1 aromatic heterocycles. The third-order valence-corrected chi connectivity index (χ3v) is 7.08. The standard InChI is InChI=1S/C18H25F2N3S/c1-9-14(15(16(19)20)23-22-9)17(24)21-10(2)18-6-11-3-12(7-18)5-13(4-11)8-18/h10-13,16H,3-8H2,1-2H3,(H,21,24)(H,22,23). The van der Waals surface area contributed by atoms with Gasteiger partial charge in [-0.05, 0) is 75.5 Å². The summed E-state index contributed by atoms with van der Waals surface area (Å²) in [4.78, 5) is 0.416. The molecule has 4 bridgehead atoms. The van der Waals surface area contributed by atoms with Crippen LogP contribution >= 0.6 is 12.2 Å². The molecule has 4 saturated carbocycles. The highest BCUT2D eigenvalue weighted by atomic mass is 32.1. The molecule has 1 aromatic rings. The van der Waals surface area contributed by atoms with Gasteiger partial charge in [-0.1, -0.05) is 12.2 Å². The predicted molar refractivity (Wildman–Crippen MR) is 93.2 cm³/mol. The second-order valence-electron chi connectivity index (χ2n) is 8.38. The van der Waals surface area contributed by atoms with Gasteiger partial charge in [0.2, 0.25) is 0 Å². The minimum absolute atomic E-state index is 0.221. The van der Waals surface area contributed by atoms with E-state index in [1.165, 1.54) is 38.5 Å². The van der Waals surface area contributed by atoms with Gasteiger partial charge in [0.05, 0.1) is 5.56 Å². The maximum absolute atomic E-state index is 13.2. The van der Waals surface area contributed by atoms with Crippen molar-refractivity contribution in [1.29, 1.82) is 0 Å². The van der Waals surface area contributed by atoms with Gasteiger partial charge in [0.15, 0.2) is 0 Å². The zero-order valence-corrected chi connectivity index (χ0v) is 15.1. The van der Waals surface area contributed by atoms with Crippen LogP contribution in [0.5, 0.6) is 0 Å². The number of rotatable bonds is 4. The Morgan fingerprint density at radius 3 is 2.25 bits per heavy atom. The van der Waals surface area contributed by atoms with E-state index in [0.29, 0.717) is 21.7 Å². The zero-order chi connectivity index (χ0) is 17.1. The summed E-state index contributed by atoms with van der Waals surface area (Å²) >= 11 is 5.50. The van der Waals surface area contributed by atoms with Crippen molar-refractivity contribution in [3.8, 4) is 0 Å². The predicted octanol–water partition coefficient (Wildman–Crippen LogP) is 4.53. The molecule has 1 heterocycles. The summed E-state index contributed by atoms with van der Waals surface area (Å²) in [5.41, 5.74) is 1.06. The maximum Gasteiger partial charge on any atom is 0.282 e. The first-order chi connectivity index (χ1) is 11.4. The van der Waals surface area contributed by atoms with Crippen LogP contribution in [0.4, 0.5) is 8.78 Å². The Morgan fingerprint density at radius 1 is 1.21 bits per heavy atom. The highest BCUT2D eigenvalue weighted by molar-refractivity contribution is 7.80. The number of thiocarbonyl (C=S) groups is 1. The molecule has 2 N–H and O–H groups in total. The number of nitrogens with one attached hydrogen (secondary N) is 2. The molecule has 4 aliphatic carbocycles. The second kappa shape index (κ2) is 5.75. The number of aromatic nitrogens is 2. The molecule has 4 aliphatic rings. The van der Waals surface area contributed by atoms with Gasteiger partial charge in [-0.15, -0.1) is 0 Å². The smallest absolute Gasteiger partial charge is 0.282 e. The maximum atomic E-state index is 13.2. The van der Waals surface area contributed by atoms with Crippen LogP contribution in [0.15, 0.2) is 0 Å². The molecule has 1 atom stereocenters. The third-order valence-electron chi connectivity index (χ3n) is 6.76. The van der Waals surface area contributed by atoms with Gasteiger partial charge in [-0.3, -0.25) is 5.10 Å². The molecule has 1 unspecified atom stereocenters. The van der Waals surface area contributed by atoms with Crippen LogP contribution < -0.4 is 5.32 Å². The molecule has 132 valence electrons. The van der Waals surface area contributed by atoms with E-state index in [2.05, 4.69) is 22.4 Å². The minimum Gasteiger partial charge on any atom is -0.373 e. The van der Waals surface area contributed by atoms with Gasteiger partial charge in [0.1, 0.15) is 10.7 Å². The summed E-state index contributed by atoms with van der Waals surface area (Å²) in [5, 5.41) is 9.80. The quantitative estimate of drug-likeness (QED) is 0.782. The average Bonchev–Trinajstić information content (AvgIpc) is 2.87. The third kappa shape index (κ3) is 2.57. The van der Waals surface area contributed by atoms with Gasteiger partial charge >= 0.3 is 0 Å². The van der Waals surface area contributed by atoms with Crippen molar-refractivity contribution < 1.29 is 8.78 Å². The summed E-state index contributed by atoms with van der Waals surface area (Å²) in [7, 11) is 0. The summed E-state index contributed by atoms with van der Waals surface area (Å²) in [6.07, 6.45) is 5.37. The van der Waals surface area contributed by atoms with Gasteiger partial charge in [-0.2, -0.15) is 5.10 Å². The molecular formula is C18H25F2N3S. The first-order valence-electron chi connectivity index (χ1n) is 9.02. The van der Waals surface area contributed by atoms with E-state index in [1.807, 2.05) is 0 Å². The molecule has 6 heteroatoms. The molecule has 0 spiro atoms. The first kappa shape index (κ1) is 16.4. The molecule has 0 amide bonds. The van der Waals surface area contributed by atoms with Crippen molar-refractivity contribution in [2.45, 2.75) is 64.8 Å². The van der Waals surface area contributed by atoms with Crippen LogP contribution in [0.1, 0.15) is 68.8 Å². The van der Waals surface area contributed by atoms with Gasteiger partial charge in [-0.25, -0.2) is 8.78 Å². The number of aryl methyl sites for hydroxylation is 1. The first-order valence-corrected chi connectivity index (χ1v) is 9.42. The summed E-state index contributed by atoms with van der Waals surface area (Å²) in [6.45, 7) is 3.94. The summed E-state index contributed by atoms with van der Waals surface area (Å²) in [5.74, 6) is 2.59. The van der Waals surface area contributed by atoms with Crippen LogP contribution in [0.3, 0.4) is 0 Å². The molecule has 3 nitrogen and oxygen atoms in total. The number of halogens is 2. The van der Waals surface area contributed by atoms with Crippen molar-refractivity contribution in [3.63, 3.8) is 0 Å². The van der Waals surface area contributed by atoms with Crippen LogP contribution in [0.25, 0.3) is 0 Å². The zero-order valence-electron chi connectivity index (χ0n) is 14.2. The lowest BCUT2D eigenvalue weighted by Gasteiger charge is -2.59. The van der Waals surface area contributed by atoms with E-state index >= 15 is 0 Å². The van der Waals surface area contributed by atoms with Gasteiger partial charge in [0.25, 0.3) is 6.43 Å². The van der Waals surface area contributed by atoms with Crippen LogP contribution in [0, 0.1) is 30.1 Å². The summed E-state index contributed by atoms with van der Waals surface area (Å²) in [6, 6.07) is 0.221. The highest BCUT2D eigenvalue weighted by Gasteiger charge is 2.53. The lowest BCUT2D eigenvalue weighted by molar-refractivity contribution is -0.0671. The Morgan fingerprint density at radius 2 is 1.75 bits per heavy atom. The monoisotopic (exact) mass is 353 g/mol. The van der Waals surface area contributed by atoms with Crippen molar-refractivity contribution >= 4 is 17.2 Å². The summed E-state index contributed by atoms with van der Waals surface area (Å²) < 4.78 is 26.4. The van der Waals surface area contributed by atoms with Crippen LogP contribution in [-0.4, -0.2) is 21.2 Å². The largest absolute Gasteiger partial charge is 0.373 e. The van der Waals surface area contributed by atoms with Crippen molar-refractivity contribution in [3.05, 3.63) is 17.0 Å². The molecule has 0 aliphatic heterocycles. The number of nitrogens with zero attached hydrogens (tertiary/aromatic N) is 1. The fourth-order valence-electron chi connectivity index (χ4n) is 6.02. The second-order valence-corrected chi connectivity index (χ2v) is 8.79. The van der Waals surface area contributed by atoms with E-state index in [-0.39, 0.29) is 11.7 Å². The van der Waals surface area contributed by atoms with E-state index in [9.17, 15) is 8.78 Å². The number of alkyl halides is 2. The van der Waals surface area contributed by atoms with Crippen LogP contribution in [-0.2, 0) is 0 Å². The fourth-order valence-corrected chi connectivity index (χ4v) is 6.46. The van der Waals surface area contributed by atoms with Gasteiger partial charge in [0, 0.05) is 11.7 Å². The average molecular weight is 353 g/mol. The molecule has 24 heavy (non-hydrogen) atoms. The fraction of sp³-hybridized carbons (Fsp3) is 0.778. The Kier molecular flexibility index (Phi) is 3.94. The number of hydrogen-bond donors (Lipinski definition) is 2. The Balaban J connectivity index is 1.53. The SMILES string of the molecule is Cc1[nH]nc(C(F)F)c1C(=S)NC(C)C12CC3CC(CC(C3)C1)C2. The molecule has 4 fully saturated rings. The number of H-pyrrole nitrogens is 1. The van der Waals surface area contributed by atoms with E-state index < -0.39 is 6.43 Å². The minimum atomic E-state index is -2.61. The van der Waals surface area contributed by atoms with E-state index in [1.54, 1.807) is 6.92 Å². The van der Waals surface area contributed by atoms with E-state index in [0.717, 1.165) is 17.8 Å². The van der Waals surface area contributed by atoms with E-state index in [4.69, 9.17) is 12.2 Å². The molecule has 0 radical (unpaired) electrons. The van der Waals surface area contributed by atoms with Gasteiger partial charge < -0.3 is 5.32 Å². The Hall–Kier alpha value is -1.04. The molecule has 5 rings (SSSR count). The van der Waals surface area contributed by atoms with Crippen molar-refractivity contribution in [2.75, 3.05) is 0 Å². The lowest BCUT2D eigenvalue weighted by atomic mass is 9.48. The number of hydrogen-bond acceptors (Lipinski definition) is 2. The molecular weight excluding hydrogens is 328 g/mol.